The van der Waals surface area contributed by atoms with Gasteiger partial charge in [-0.05, 0) is 74.0 Å². The number of nitrogens with one attached hydrogen (secondary N) is 1. The molecule has 5 rings (SSSR count). The van der Waals surface area contributed by atoms with Gasteiger partial charge < -0.3 is 10.4 Å². The van der Waals surface area contributed by atoms with Crippen molar-refractivity contribution in [2.45, 2.75) is 51.0 Å². The van der Waals surface area contributed by atoms with Gasteiger partial charge in [-0.25, -0.2) is 4.79 Å². The van der Waals surface area contributed by atoms with E-state index in [4.69, 9.17) is 23.2 Å². The maximum Gasteiger partial charge on any atom is 0.326 e. The van der Waals surface area contributed by atoms with Crippen LogP contribution in [0.2, 0.25) is 10.0 Å². The third-order valence-corrected chi connectivity index (χ3v) is 7.15. The van der Waals surface area contributed by atoms with Crippen LogP contribution >= 0.6 is 23.2 Å². The summed E-state index contributed by atoms with van der Waals surface area (Å²) in [5, 5.41) is 13.4. The Morgan fingerprint density at radius 3 is 2.19 bits per heavy atom. The first-order chi connectivity index (χ1) is 12.3. The molecule has 4 nitrogen and oxygen atoms in total. The topological polar surface area (TPSA) is 66.4 Å². The van der Waals surface area contributed by atoms with Gasteiger partial charge in [0.25, 0.3) is 0 Å². The highest BCUT2D eigenvalue weighted by atomic mass is 35.5. The summed E-state index contributed by atoms with van der Waals surface area (Å²) in [5.41, 5.74) is 0.320. The van der Waals surface area contributed by atoms with E-state index >= 15 is 0 Å². The van der Waals surface area contributed by atoms with Crippen LogP contribution in [-0.4, -0.2) is 23.0 Å². The van der Waals surface area contributed by atoms with Crippen molar-refractivity contribution in [1.29, 1.82) is 0 Å². The molecule has 1 aromatic rings. The Morgan fingerprint density at radius 2 is 1.69 bits per heavy atom. The Kier molecular flexibility index (Phi) is 4.68. The van der Waals surface area contributed by atoms with Crippen LogP contribution in [0.4, 0.5) is 0 Å². The summed E-state index contributed by atoms with van der Waals surface area (Å²) in [4.78, 5) is 24.9. The number of amides is 1. The molecule has 0 aromatic heterocycles. The molecule has 0 radical (unpaired) electrons. The van der Waals surface area contributed by atoms with Crippen molar-refractivity contribution in [3.8, 4) is 0 Å². The zero-order chi connectivity index (χ0) is 18.5. The van der Waals surface area contributed by atoms with Gasteiger partial charge in [-0.15, -0.1) is 0 Å². The highest BCUT2D eigenvalue weighted by Gasteiger charge is 2.54. The Labute approximate surface area is 163 Å². The van der Waals surface area contributed by atoms with Crippen molar-refractivity contribution >= 4 is 35.1 Å². The molecule has 0 unspecified atom stereocenters. The molecule has 1 amide bonds. The molecule has 4 saturated carbocycles. The Balaban J connectivity index is 1.50. The number of hydrogen-bond acceptors (Lipinski definition) is 2. The smallest absolute Gasteiger partial charge is 0.326 e. The summed E-state index contributed by atoms with van der Waals surface area (Å²) in [7, 11) is 0. The monoisotopic (exact) mass is 395 g/mol. The summed E-state index contributed by atoms with van der Waals surface area (Å²) >= 11 is 12.1. The second kappa shape index (κ2) is 6.72. The summed E-state index contributed by atoms with van der Waals surface area (Å²) < 4.78 is 0. The van der Waals surface area contributed by atoms with Gasteiger partial charge in [-0.3, -0.25) is 4.79 Å². The molecule has 140 valence electrons. The lowest BCUT2D eigenvalue weighted by atomic mass is 9.49. The van der Waals surface area contributed by atoms with Crippen LogP contribution in [0.5, 0.6) is 0 Å². The van der Waals surface area contributed by atoms with Crippen LogP contribution < -0.4 is 5.32 Å². The number of carboxylic acid groups (broad SMARTS) is 1. The molecule has 4 aliphatic rings. The standard InChI is InChI=1S/C20H23Cl2NO3/c21-15-2-1-14(16(22)7-15)6-17(18(24)25)23-19(26)20-8-11-3-12(9-20)5-13(4-11)10-20/h1-2,7,11-13,17H,3-6,8-10H2,(H,23,26)(H,24,25)/t11?,12?,13?,17-,20?/m0/s1. The first-order valence-electron chi connectivity index (χ1n) is 9.32. The summed E-state index contributed by atoms with van der Waals surface area (Å²) in [6, 6.07) is 4.02. The van der Waals surface area contributed by atoms with E-state index in [0.717, 1.165) is 19.3 Å². The predicted octanol–water partition coefficient (Wildman–Crippen LogP) is 4.32. The van der Waals surface area contributed by atoms with Gasteiger partial charge in [0.15, 0.2) is 0 Å². The number of aliphatic carboxylic acids is 1. The first kappa shape index (κ1) is 18.1. The molecule has 4 fully saturated rings. The number of benzene rings is 1. The number of halogens is 2. The van der Waals surface area contributed by atoms with E-state index in [9.17, 15) is 14.7 Å². The van der Waals surface area contributed by atoms with Crippen molar-refractivity contribution in [2.75, 3.05) is 0 Å². The maximum absolute atomic E-state index is 13.1. The van der Waals surface area contributed by atoms with E-state index in [1.54, 1.807) is 18.2 Å². The third-order valence-electron chi connectivity index (χ3n) is 6.56. The summed E-state index contributed by atoms with van der Waals surface area (Å²) in [6.45, 7) is 0. The molecule has 0 heterocycles. The molecule has 1 aromatic carbocycles. The third kappa shape index (κ3) is 3.34. The fraction of sp³-hybridized carbons (Fsp3) is 0.600. The Hall–Kier alpha value is -1.26. The van der Waals surface area contributed by atoms with Gasteiger partial charge in [0.05, 0.1) is 0 Å². The van der Waals surface area contributed by atoms with Crippen molar-refractivity contribution in [3.63, 3.8) is 0 Å². The highest BCUT2D eigenvalue weighted by Crippen LogP contribution is 2.60. The maximum atomic E-state index is 13.1. The lowest BCUT2D eigenvalue weighted by Crippen LogP contribution is -2.56. The minimum absolute atomic E-state index is 0.0749. The zero-order valence-corrected chi connectivity index (χ0v) is 16.0. The van der Waals surface area contributed by atoms with Gasteiger partial charge in [0, 0.05) is 21.9 Å². The van der Waals surface area contributed by atoms with Crippen LogP contribution in [0.15, 0.2) is 18.2 Å². The van der Waals surface area contributed by atoms with E-state index in [0.29, 0.717) is 33.4 Å². The van der Waals surface area contributed by atoms with Crippen LogP contribution in [0.1, 0.15) is 44.1 Å². The minimum Gasteiger partial charge on any atom is -0.480 e. The van der Waals surface area contributed by atoms with Gasteiger partial charge >= 0.3 is 5.97 Å². The molecule has 2 N–H and O–H groups in total. The van der Waals surface area contributed by atoms with Gasteiger partial charge in [0.1, 0.15) is 6.04 Å². The Bertz CT molecular complexity index is 713. The number of hydrogen-bond donors (Lipinski definition) is 2. The minimum atomic E-state index is -1.03. The molecule has 1 atom stereocenters. The highest BCUT2D eigenvalue weighted by molar-refractivity contribution is 6.35. The summed E-state index contributed by atoms with van der Waals surface area (Å²) in [5.74, 6) is 0.811. The van der Waals surface area contributed by atoms with Gasteiger partial charge in [0.2, 0.25) is 5.91 Å². The normalized spacial score (nSPS) is 33.1. The van der Waals surface area contributed by atoms with Crippen LogP contribution in [0.25, 0.3) is 0 Å². The van der Waals surface area contributed by atoms with E-state index in [1.807, 2.05) is 0 Å². The zero-order valence-electron chi connectivity index (χ0n) is 14.5. The van der Waals surface area contributed by atoms with Crippen molar-refractivity contribution in [3.05, 3.63) is 33.8 Å². The Morgan fingerprint density at radius 1 is 1.12 bits per heavy atom. The molecule has 6 heteroatoms. The molecular weight excluding hydrogens is 373 g/mol. The average Bonchev–Trinajstić information content (AvgIpc) is 2.55. The lowest BCUT2D eigenvalue weighted by molar-refractivity contribution is -0.151. The van der Waals surface area contributed by atoms with Crippen LogP contribution in [-0.2, 0) is 16.0 Å². The molecule has 26 heavy (non-hydrogen) atoms. The molecule has 4 bridgehead atoms. The number of carbonyl (C=O) groups excluding carboxylic acids is 1. The fourth-order valence-electron chi connectivity index (χ4n) is 5.81. The van der Waals surface area contributed by atoms with Crippen molar-refractivity contribution in [1.82, 2.24) is 5.32 Å². The molecule has 0 spiro atoms. The number of rotatable bonds is 5. The van der Waals surface area contributed by atoms with Crippen LogP contribution in [0, 0.1) is 23.2 Å². The van der Waals surface area contributed by atoms with Gasteiger partial charge in [-0.2, -0.15) is 0 Å². The van der Waals surface area contributed by atoms with E-state index in [1.165, 1.54) is 19.3 Å². The molecule has 0 aliphatic heterocycles. The summed E-state index contributed by atoms with van der Waals surface area (Å²) in [6.07, 6.45) is 6.64. The SMILES string of the molecule is O=C(O)[C@H](Cc1ccc(Cl)cc1Cl)NC(=O)C12CC3CC(CC(C3)C1)C2. The lowest BCUT2D eigenvalue weighted by Gasteiger charge is -2.55. The van der Waals surface area contributed by atoms with Crippen molar-refractivity contribution in [2.24, 2.45) is 23.2 Å². The quantitative estimate of drug-likeness (QED) is 0.779. The second-order valence-electron chi connectivity index (χ2n) is 8.50. The molecule has 0 saturated heterocycles. The van der Waals surface area contributed by atoms with Gasteiger partial charge in [-0.1, -0.05) is 29.3 Å². The average molecular weight is 396 g/mol. The largest absolute Gasteiger partial charge is 0.480 e. The van der Waals surface area contributed by atoms with E-state index < -0.39 is 12.0 Å². The number of carboxylic acids is 1. The molecular formula is C20H23Cl2NO3. The molecule has 4 aliphatic carbocycles. The van der Waals surface area contributed by atoms with Crippen molar-refractivity contribution < 1.29 is 14.7 Å². The second-order valence-corrected chi connectivity index (χ2v) is 9.35. The van der Waals surface area contributed by atoms with Crippen LogP contribution in [0.3, 0.4) is 0 Å². The van der Waals surface area contributed by atoms with E-state index in [2.05, 4.69) is 5.32 Å². The number of carbonyl (C=O) groups is 2. The predicted molar refractivity (Wildman–Crippen MR) is 100 cm³/mol. The first-order valence-corrected chi connectivity index (χ1v) is 10.1. The fourth-order valence-corrected chi connectivity index (χ4v) is 6.29. The van der Waals surface area contributed by atoms with E-state index in [-0.39, 0.29) is 17.7 Å².